The van der Waals surface area contributed by atoms with Crippen LogP contribution < -0.4 is 5.73 Å². The highest BCUT2D eigenvalue weighted by molar-refractivity contribution is 6.30. The number of nitrogens with zero attached hydrogens (tertiary/aromatic N) is 1. The van der Waals surface area contributed by atoms with Crippen LogP contribution in [-0.4, -0.2) is 24.0 Å². The maximum atomic E-state index is 13.3. The van der Waals surface area contributed by atoms with Gasteiger partial charge in [0.25, 0.3) is 0 Å². The van der Waals surface area contributed by atoms with E-state index in [2.05, 4.69) is 32.6 Å². The summed E-state index contributed by atoms with van der Waals surface area (Å²) in [6, 6.07) is 5.31. The molecule has 0 radical (unpaired) electrons. The van der Waals surface area contributed by atoms with Gasteiger partial charge >= 0.3 is 0 Å². The lowest BCUT2D eigenvalue weighted by Gasteiger charge is -2.36. The summed E-state index contributed by atoms with van der Waals surface area (Å²) in [6.07, 6.45) is 0. The third-order valence-corrected chi connectivity index (χ3v) is 3.48. The minimum atomic E-state index is -0.388. The van der Waals surface area contributed by atoms with Crippen LogP contribution in [0.25, 0.3) is 0 Å². The van der Waals surface area contributed by atoms with Gasteiger partial charge in [-0.25, -0.2) is 4.39 Å². The Balaban J connectivity index is 3.04. The van der Waals surface area contributed by atoms with Gasteiger partial charge in [-0.3, -0.25) is 4.90 Å². The summed E-state index contributed by atoms with van der Waals surface area (Å²) in [5, 5.41) is 0.157. The third-order valence-electron chi connectivity index (χ3n) is 3.19. The summed E-state index contributed by atoms with van der Waals surface area (Å²) in [6.45, 7) is 10.1. The molecule has 0 saturated heterocycles. The molecule has 4 heteroatoms. The van der Waals surface area contributed by atoms with Crippen molar-refractivity contribution < 1.29 is 4.39 Å². The van der Waals surface area contributed by atoms with Crippen molar-refractivity contribution in [2.24, 2.45) is 11.7 Å². The van der Waals surface area contributed by atoms with E-state index >= 15 is 0 Å². The van der Waals surface area contributed by atoms with Crippen molar-refractivity contribution >= 4 is 11.6 Å². The fourth-order valence-electron chi connectivity index (χ4n) is 2.30. The molecule has 19 heavy (non-hydrogen) atoms. The molecule has 0 heterocycles. The predicted molar refractivity (Wildman–Crippen MR) is 79.9 cm³/mol. The second-order valence-corrected chi connectivity index (χ2v) is 6.02. The average Bonchev–Trinajstić information content (AvgIpc) is 2.32. The Morgan fingerprint density at radius 2 is 1.89 bits per heavy atom. The molecule has 0 spiro atoms. The van der Waals surface area contributed by atoms with Crippen LogP contribution in [0.4, 0.5) is 4.39 Å². The van der Waals surface area contributed by atoms with Crippen molar-refractivity contribution in [3.05, 3.63) is 34.6 Å². The van der Waals surface area contributed by atoms with Crippen LogP contribution in [0.2, 0.25) is 5.02 Å². The molecule has 0 bridgehead atoms. The van der Waals surface area contributed by atoms with Crippen LogP contribution in [0.15, 0.2) is 18.2 Å². The van der Waals surface area contributed by atoms with Gasteiger partial charge in [0, 0.05) is 25.2 Å². The van der Waals surface area contributed by atoms with E-state index in [1.54, 1.807) is 12.1 Å². The van der Waals surface area contributed by atoms with Gasteiger partial charge < -0.3 is 5.73 Å². The van der Waals surface area contributed by atoms with Crippen molar-refractivity contribution in [3.63, 3.8) is 0 Å². The number of hydrogen-bond donors (Lipinski definition) is 1. The molecular weight excluding hydrogens is 263 g/mol. The van der Waals surface area contributed by atoms with Gasteiger partial charge in [-0.1, -0.05) is 31.5 Å². The summed E-state index contributed by atoms with van der Waals surface area (Å²) < 4.78 is 13.3. The average molecular weight is 287 g/mol. The van der Waals surface area contributed by atoms with Crippen LogP contribution in [0.5, 0.6) is 0 Å². The molecule has 108 valence electrons. The normalized spacial score (nSPS) is 13.6. The van der Waals surface area contributed by atoms with Gasteiger partial charge in [-0.05, 0) is 37.5 Å². The lowest BCUT2D eigenvalue weighted by molar-refractivity contribution is 0.138. The minimum Gasteiger partial charge on any atom is -0.329 e. The van der Waals surface area contributed by atoms with Crippen LogP contribution >= 0.6 is 11.6 Å². The van der Waals surface area contributed by atoms with Crippen molar-refractivity contribution in [3.8, 4) is 0 Å². The van der Waals surface area contributed by atoms with E-state index in [4.69, 9.17) is 17.3 Å². The Morgan fingerprint density at radius 1 is 1.26 bits per heavy atom. The van der Waals surface area contributed by atoms with Crippen LogP contribution in [0.3, 0.4) is 0 Å². The number of hydrogen-bond acceptors (Lipinski definition) is 2. The second-order valence-electron chi connectivity index (χ2n) is 5.61. The molecule has 1 aromatic rings. The predicted octanol–water partition coefficient (Wildman–Crippen LogP) is 3.85. The van der Waals surface area contributed by atoms with Crippen molar-refractivity contribution in [2.75, 3.05) is 13.1 Å². The molecule has 0 saturated carbocycles. The maximum Gasteiger partial charge on any atom is 0.141 e. The van der Waals surface area contributed by atoms with Gasteiger partial charge in [0.1, 0.15) is 5.82 Å². The fourth-order valence-corrected chi connectivity index (χ4v) is 2.49. The fraction of sp³-hybridized carbons (Fsp3) is 0.600. The SMILES string of the molecule is CC(C)CN(C(C)C)C(CN)c1ccc(F)c(Cl)c1. The van der Waals surface area contributed by atoms with Gasteiger partial charge in [-0.2, -0.15) is 0 Å². The van der Waals surface area contributed by atoms with Gasteiger partial charge in [0.15, 0.2) is 0 Å². The highest BCUT2D eigenvalue weighted by Gasteiger charge is 2.23. The van der Waals surface area contributed by atoms with E-state index in [1.165, 1.54) is 6.07 Å². The monoisotopic (exact) mass is 286 g/mol. The highest BCUT2D eigenvalue weighted by atomic mass is 35.5. The zero-order chi connectivity index (χ0) is 14.6. The molecular formula is C15H24ClFN2. The first-order chi connectivity index (χ1) is 8.86. The summed E-state index contributed by atoms with van der Waals surface area (Å²) in [5.74, 6) is 0.161. The first-order valence-electron chi connectivity index (χ1n) is 6.77. The van der Waals surface area contributed by atoms with E-state index < -0.39 is 0 Å². The summed E-state index contributed by atoms with van der Waals surface area (Å²) in [5.41, 5.74) is 6.90. The van der Waals surface area contributed by atoms with Crippen LogP contribution in [0, 0.1) is 11.7 Å². The van der Waals surface area contributed by atoms with E-state index in [1.807, 2.05) is 0 Å². The van der Waals surface area contributed by atoms with Crippen molar-refractivity contribution in [2.45, 2.75) is 39.8 Å². The molecule has 0 aliphatic heterocycles. The molecule has 0 fully saturated rings. The molecule has 0 aliphatic rings. The third kappa shape index (κ3) is 4.44. The molecule has 0 aliphatic carbocycles. The molecule has 1 atom stereocenters. The molecule has 1 aromatic carbocycles. The highest BCUT2D eigenvalue weighted by Crippen LogP contribution is 2.26. The quantitative estimate of drug-likeness (QED) is 0.861. The van der Waals surface area contributed by atoms with E-state index in [9.17, 15) is 4.39 Å². The Bertz CT molecular complexity index is 407. The largest absolute Gasteiger partial charge is 0.329 e. The maximum absolute atomic E-state index is 13.3. The van der Waals surface area contributed by atoms with Gasteiger partial charge in [-0.15, -0.1) is 0 Å². The first kappa shape index (κ1) is 16.4. The second kappa shape index (κ2) is 7.22. The molecule has 1 rings (SSSR count). The minimum absolute atomic E-state index is 0.0699. The lowest BCUT2D eigenvalue weighted by atomic mass is 10.0. The first-order valence-corrected chi connectivity index (χ1v) is 7.15. The van der Waals surface area contributed by atoms with E-state index in [0.29, 0.717) is 18.5 Å². The topological polar surface area (TPSA) is 29.3 Å². The summed E-state index contributed by atoms with van der Waals surface area (Å²) >= 11 is 5.87. The molecule has 0 amide bonds. The number of halogens is 2. The number of benzene rings is 1. The van der Waals surface area contributed by atoms with Crippen molar-refractivity contribution in [1.29, 1.82) is 0 Å². The zero-order valence-electron chi connectivity index (χ0n) is 12.2. The summed E-state index contributed by atoms with van der Waals surface area (Å²) in [7, 11) is 0. The Labute approximate surface area is 120 Å². The smallest absolute Gasteiger partial charge is 0.141 e. The number of rotatable bonds is 6. The molecule has 0 aromatic heterocycles. The number of nitrogens with two attached hydrogens (primary N) is 1. The Morgan fingerprint density at radius 3 is 2.32 bits per heavy atom. The van der Waals surface area contributed by atoms with Gasteiger partial charge in [0.2, 0.25) is 0 Å². The molecule has 2 N–H and O–H groups in total. The molecule has 1 unspecified atom stereocenters. The Hall–Kier alpha value is -0.640. The van der Waals surface area contributed by atoms with Gasteiger partial charge in [0.05, 0.1) is 5.02 Å². The standard InChI is InChI=1S/C15H24ClFN2/c1-10(2)9-19(11(3)4)15(8-18)12-5-6-14(17)13(16)7-12/h5-7,10-11,15H,8-9,18H2,1-4H3. The summed E-state index contributed by atoms with van der Waals surface area (Å²) in [4.78, 5) is 2.34. The van der Waals surface area contributed by atoms with E-state index in [0.717, 1.165) is 12.1 Å². The van der Waals surface area contributed by atoms with Crippen LogP contribution in [-0.2, 0) is 0 Å². The lowest BCUT2D eigenvalue weighted by Crippen LogP contribution is -2.40. The van der Waals surface area contributed by atoms with Crippen molar-refractivity contribution in [1.82, 2.24) is 4.90 Å². The van der Waals surface area contributed by atoms with Crippen LogP contribution in [0.1, 0.15) is 39.3 Å². The van der Waals surface area contributed by atoms with E-state index in [-0.39, 0.29) is 16.9 Å². The molecule has 2 nitrogen and oxygen atoms in total. The Kier molecular flexibility index (Phi) is 6.24. The zero-order valence-corrected chi connectivity index (χ0v) is 12.9.